The first kappa shape index (κ1) is 21.0. The number of rotatable bonds is 10. The summed E-state index contributed by atoms with van der Waals surface area (Å²) in [7, 11) is 0. The summed E-state index contributed by atoms with van der Waals surface area (Å²) in [5, 5.41) is 15.9. The zero-order valence-electron chi connectivity index (χ0n) is 16.2. The third kappa shape index (κ3) is 6.74. The first-order valence-corrected chi connectivity index (χ1v) is 10.1. The molecule has 2 aromatic heterocycles. The number of amidine groups is 1. The molecule has 27 heavy (non-hydrogen) atoms. The van der Waals surface area contributed by atoms with Gasteiger partial charge in [-0.3, -0.25) is 9.98 Å². The van der Waals surface area contributed by atoms with E-state index in [2.05, 4.69) is 40.2 Å². The number of aliphatic imine (C=N–C) groups is 1. The fourth-order valence-electron chi connectivity index (χ4n) is 2.37. The van der Waals surface area contributed by atoms with Gasteiger partial charge in [-0.1, -0.05) is 13.8 Å². The number of nitriles is 1. The van der Waals surface area contributed by atoms with Gasteiger partial charge >= 0.3 is 0 Å². The Morgan fingerprint density at radius 1 is 1.37 bits per heavy atom. The average molecular weight is 386 g/mol. The van der Waals surface area contributed by atoms with Crippen LogP contribution in [0.4, 0.5) is 0 Å². The maximum Gasteiger partial charge on any atom is 0.155 e. The SMILES string of the molecule is CCOCCCNC(=NCC(C)C)C(C#N)c1nc(-c2ccncc2)cs1. The summed E-state index contributed by atoms with van der Waals surface area (Å²) in [6.07, 6.45) is 4.35. The van der Waals surface area contributed by atoms with Gasteiger partial charge in [-0.05, 0) is 31.4 Å². The number of pyridine rings is 1. The maximum atomic E-state index is 9.80. The molecule has 0 radical (unpaired) electrons. The van der Waals surface area contributed by atoms with Gasteiger partial charge in [0.05, 0.1) is 11.8 Å². The van der Waals surface area contributed by atoms with Gasteiger partial charge in [-0.25, -0.2) is 4.98 Å². The summed E-state index contributed by atoms with van der Waals surface area (Å²) in [6, 6.07) is 6.20. The normalized spacial score (nSPS) is 12.8. The predicted octanol–water partition coefficient (Wildman–Crippen LogP) is 3.88. The zero-order valence-corrected chi connectivity index (χ0v) is 17.0. The van der Waals surface area contributed by atoms with Crippen molar-refractivity contribution in [1.82, 2.24) is 15.3 Å². The summed E-state index contributed by atoms with van der Waals surface area (Å²) in [6.45, 7) is 9.02. The van der Waals surface area contributed by atoms with Gasteiger partial charge in [0.25, 0.3) is 0 Å². The lowest BCUT2D eigenvalue weighted by molar-refractivity contribution is 0.145. The largest absolute Gasteiger partial charge is 0.382 e. The summed E-state index contributed by atoms with van der Waals surface area (Å²) >= 11 is 1.49. The molecular weight excluding hydrogens is 358 g/mol. The highest BCUT2D eigenvalue weighted by atomic mass is 32.1. The molecule has 1 atom stereocenters. The highest BCUT2D eigenvalue weighted by molar-refractivity contribution is 7.10. The van der Waals surface area contributed by atoms with Crippen LogP contribution in [0.1, 0.15) is 38.1 Å². The number of aromatic nitrogens is 2. The van der Waals surface area contributed by atoms with Crippen LogP contribution in [0, 0.1) is 17.2 Å². The molecule has 0 saturated carbocycles. The minimum Gasteiger partial charge on any atom is -0.382 e. The van der Waals surface area contributed by atoms with Gasteiger partial charge < -0.3 is 10.1 Å². The van der Waals surface area contributed by atoms with Crippen LogP contribution in [0.25, 0.3) is 11.3 Å². The molecule has 0 fully saturated rings. The number of nitrogens with zero attached hydrogens (tertiary/aromatic N) is 4. The molecular formula is C20H27N5OS. The fraction of sp³-hybridized carbons (Fsp3) is 0.500. The molecule has 0 aromatic carbocycles. The van der Waals surface area contributed by atoms with Gasteiger partial charge in [0.2, 0.25) is 0 Å². The Bertz CT molecular complexity index is 751. The second-order valence-electron chi connectivity index (χ2n) is 6.47. The molecule has 2 heterocycles. The predicted molar refractivity (Wildman–Crippen MR) is 110 cm³/mol. The van der Waals surface area contributed by atoms with Crippen LogP contribution < -0.4 is 5.32 Å². The van der Waals surface area contributed by atoms with E-state index in [1.54, 1.807) is 12.4 Å². The number of hydrogen-bond acceptors (Lipinski definition) is 6. The van der Waals surface area contributed by atoms with Crippen molar-refractivity contribution in [3.8, 4) is 17.3 Å². The Labute approximate surface area is 165 Å². The molecule has 0 aliphatic heterocycles. The van der Waals surface area contributed by atoms with Crippen LogP contribution in [-0.2, 0) is 4.74 Å². The van der Waals surface area contributed by atoms with Crippen LogP contribution in [0.2, 0.25) is 0 Å². The zero-order chi connectivity index (χ0) is 19.5. The lowest BCUT2D eigenvalue weighted by Gasteiger charge is -2.14. The molecule has 2 aromatic rings. The lowest BCUT2D eigenvalue weighted by atomic mass is 10.1. The van der Waals surface area contributed by atoms with Crippen LogP contribution in [0.5, 0.6) is 0 Å². The number of thiazole rings is 1. The van der Waals surface area contributed by atoms with E-state index < -0.39 is 5.92 Å². The van der Waals surface area contributed by atoms with E-state index in [-0.39, 0.29) is 0 Å². The van der Waals surface area contributed by atoms with Gasteiger partial charge in [0, 0.05) is 49.6 Å². The van der Waals surface area contributed by atoms with Crippen molar-refractivity contribution < 1.29 is 4.74 Å². The van der Waals surface area contributed by atoms with Gasteiger partial charge in [0.15, 0.2) is 5.92 Å². The average Bonchev–Trinajstić information content (AvgIpc) is 3.16. The quantitative estimate of drug-likeness (QED) is 0.381. The van der Waals surface area contributed by atoms with E-state index >= 15 is 0 Å². The third-order valence-electron chi connectivity index (χ3n) is 3.75. The van der Waals surface area contributed by atoms with Crippen molar-refractivity contribution in [1.29, 1.82) is 5.26 Å². The number of ether oxygens (including phenoxy) is 1. The monoisotopic (exact) mass is 385 g/mol. The van der Waals surface area contributed by atoms with Gasteiger partial charge in [0.1, 0.15) is 10.8 Å². The second-order valence-corrected chi connectivity index (χ2v) is 7.36. The summed E-state index contributed by atoms with van der Waals surface area (Å²) in [4.78, 5) is 13.4. The summed E-state index contributed by atoms with van der Waals surface area (Å²) in [5.74, 6) is 0.628. The molecule has 0 aliphatic rings. The molecule has 1 unspecified atom stereocenters. The Morgan fingerprint density at radius 3 is 2.81 bits per heavy atom. The van der Waals surface area contributed by atoms with E-state index in [0.717, 1.165) is 29.2 Å². The van der Waals surface area contributed by atoms with Crippen molar-refractivity contribution in [3.63, 3.8) is 0 Å². The van der Waals surface area contributed by atoms with Crippen molar-refractivity contribution in [3.05, 3.63) is 34.9 Å². The molecule has 1 N–H and O–H groups in total. The van der Waals surface area contributed by atoms with E-state index in [9.17, 15) is 5.26 Å². The van der Waals surface area contributed by atoms with E-state index in [1.165, 1.54) is 11.3 Å². The Hall–Kier alpha value is -2.30. The first-order valence-electron chi connectivity index (χ1n) is 9.27. The van der Waals surface area contributed by atoms with Gasteiger partial charge in [-0.15, -0.1) is 11.3 Å². The van der Waals surface area contributed by atoms with Crippen LogP contribution in [0.15, 0.2) is 34.9 Å². The number of hydrogen-bond donors (Lipinski definition) is 1. The second kappa shape index (κ2) is 11.4. The van der Waals surface area contributed by atoms with Crippen molar-refractivity contribution in [2.75, 3.05) is 26.3 Å². The standard InChI is InChI=1S/C20H27N5OS/c1-4-26-11-5-8-23-19(24-13-15(2)3)17(12-21)20-25-18(14-27-20)16-6-9-22-10-7-16/h6-7,9-10,14-15,17H,4-5,8,11,13H2,1-3H3,(H,23,24). The van der Waals surface area contributed by atoms with Crippen LogP contribution in [0.3, 0.4) is 0 Å². The van der Waals surface area contributed by atoms with E-state index in [1.807, 2.05) is 24.4 Å². The molecule has 0 spiro atoms. The molecule has 144 valence electrons. The van der Waals surface area contributed by atoms with Crippen LogP contribution >= 0.6 is 11.3 Å². The van der Waals surface area contributed by atoms with Crippen molar-refractivity contribution in [2.45, 2.75) is 33.1 Å². The maximum absolute atomic E-state index is 9.80. The molecule has 0 amide bonds. The van der Waals surface area contributed by atoms with Crippen LogP contribution in [-0.4, -0.2) is 42.1 Å². The minimum atomic E-state index is -0.489. The van der Waals surface area contributed by atoms with E-state index in [4.69, 9.17) is 4.74 Å². The van der Waals surface area contributed by atoms with E-state index in [0.29, 0.717) is 31.5 Å². The molecule has 0 saturated heterocycles. The Balaban J connectivity index is 2.15. The number of nitrogens with one attached hydrogen (secondary N) is 1. The highest BCUT2D eigenvalue weighted by Gasteiger charge is 2.22. The Kier molecular flexibility index (Phi) is 8.89. The molecule has 7 heteroatoms. The smallest absolute Gasteiger partial charge is 0.155 e. The summed E-state index contributed by atoms with van der Waals surface area (Å²) in [5.41, 5.74) is 1.85. The van der Waals surface area contributed by atoms with Crippen molar-refractivity contribution in [2.24, 2.45) is 10.9 Å². The lowest BCUT2D eigenvalue weighted by Crippen LogP contribution is -2.31. The molecule has 6 nitrogen and oxygen atoms in total. The topological polar surface area (TPSA) is 83.2 Å². The molecule has 0 bridgehead atoms. The minimum absolute atomic E-state index is 0.424. The fourth-order valence-corrected chi connectivity index (χ4v) is 3.25. The van der Waals surface area contributed by atoms with Gasteiger partial charge in [-0.2, -0.15) is 5.26 Å². The summed E-state index contributed by atoms with van der Waals surface area (Å²) < 4.78 is 5.38. The molecule has 0 aliphatic carbocycles. The Morgan fingerprint density at radius 2 is 2.15 bits per heavy atom. The third-order valence-corrected chi connectivity index (χ3v) is 4.66. The first-order chi connectivity index (χ1) is 13.2. The highest BCUT2D eigenvalue weighted by Crippen LogP contribution is 2.26. The molecule has 2 rings (SSSR count). The van der Waals surface area contributed by atoms with Crippen molar-refractivity contribution >= 4 is 17.2 Å².